The SMILES string of the molecule is CCOC(=O)c1[nH]c2ccc(N(c3ccc(C(C)(C)C)cc3)S(=O)[O-])cc2c1Br. The molecule has 0 aliphatic carbocycles. The van der Waals surface area contributed by atoms with Crippen LogP contribution < -0.4 is 4.31 Å². The predicted molar refractivity (Wildman–Crippen MR) is 118 cm³/mol. The Morgan fingerprint density at radius 2 is 1.79 bits per heavy atom. The van der Waals surface area contributed by atoms with Gasteiger partial charge in [-0.2, -0.15) is 0 Å². The largest absolute Gasteiger partial charge is 0.755 e. The topological polar surface area (TPSA) is 85.5 Å². The minimum absolute atomic E-state index is 0.0294. The number of hydrogen-bond donors (Lipinski definition) is 1. The fourth-order valence-corrected chi connectivity index (χ4v) is 4.20. The maximum absolute atomic E-state index is 12.1. The third-order valence-corrected chi connectivity index (χ3v) is 6.09. The van der Waals surface area contributed by atoms with Crippen LogP contribution in [0, 0.1) is 0 Å². The van der Waals surface area contributed by atoms with Crippen molar-refractivity contribution >= 4 is 55.4 Å². The minimum Gasteiger partial charge on any atom is -0.755 e. The summed E-state index contributed by atoms with van der Waals surface area (Å²) in [7, 11) is 0. The van der Waals surface area contributed by atoms with Gasteiger partial charge in [-0.05, 0) is 64.2 Å². The van der Waals surface area contributed by atoms with Crippen LogP contribution in [0.1, 0.15) is 43.7 Å². The lowest BCUT2D eigenvalue weighted by Crippen LogP contribution is -2.20. The van der Waals surface area contributed by atoms with Crippen LogP contribution in [0.4, 0.5) is 11.4 Å². The Hall–Kier alpha value is -2.16. The van der Waals surface area contributed by atoms with Crippen molar-refractivity contribution < 1.29 is 18.3 Å². The van der Waals surface area contributed by atoms with Crippen molar-refractivity contribution in [1.29, 1.82) is 0 Å². The van der Waals surface area contributed by atoms with Gasteiger partial charge >= 0.3 is 5.97 Å². The molecule has 2 aromatic carbocycles. The van der Waals surface area contributed by atoms with Crippen LogP contribution in [0.25, 0.3) is 10.9 Å². The predicted octanol–water partition coefficient (Wildman–Crippen LogP) is 5.34. The molecule has 1 N–H and O–H groups in total. The molecule has 0 aliphatic rings. The molecule has 0 fully saturated rings. The Labute approximate surface area is 180 Å². The summed E-state index contributed by atoms with van der Waals surface area (Å²) >= 11 is 0.904. The van der Waals surface area contributed by atoms with E-state index in [-0.39, 0.29) is 12.0 Å². The van der Waals surface area contributed by atoms with Gasteiger partial charge in [0.15, 0.2) is 0 Å². The van der Waals surface area contributed by atoms with Crippen LogP contribution in [0.3, 0.4) is 0 Å². The van der Waals surface area contributed by atoms with E-state index in [4.69, 9.17) is 4.74 Å². The molecule has 1 atom stereocenters. The summed E-state index contributed by atoms with van der Waals surface area (Å²) < 4.78 is 30.9. The van der Waals surface area contributed by atoms with Crippen molar-refractivity contribution in [3.8, 4) is 0 Å². The van der Waals surface area contributed by atoms with E-state index in [0.717, 1.165) is 5.56 Å². The third-order valence-electron chi connectivity index (χ3n) is 4.55. The van der Waals surface area contributed by atoms with Gasteiger partial charge in [0, 0.05) is 10.9 Å². The fourth-order valence-electron chi connectivity index (χ4n) is 3.04. The second-order valence-electron chi connectivity index (χ2n) is 7.57. The van der Waals surface area contributed by atoms with Crippen LogP contribution in [0.5, 0.6) is 0 Å². The van der Waals surface area contributed by atoms with Gasteiger partial charge < -0.3 is 14.3 Å². The summed E-state index contributed by atoms with van der Waals surface area (Å²) in [5.74, 6) is -0.473. The van der Waals surface area contributed by atoms with Crippen LogP contribution in [0.15, 0.2) is 46.9 Å². The molecule has 0 bridgehead atoms. The molecule has 0 saturated heterocycles. The van der Waals surface area contributed by atoms with Gasteiger partial charge in [-0.25, -0.2) is 4.79 Å². The highest BCUT2D eigenvalue weighted by Gasteiger charge is 2.20. The van der Waals surface area contributed by atoms with Crippen molar-refractivity contribution in [2.75, 3.05) is 10.9 Å². The number of aromatic amines is 1. The summed E-state index contributed by atoms with van der Waals surface area (Å²) in [5, 5.41) is 0.687. The number of fused-ring (bicyclic) bond motifs is 1. The second kappa shape index (κ2) is 8.30. The van der Waals surface area contributed by atoms with Gasteiger partial charge in [0.25, 0.3) is 0 Å². The Bertz CT molecular complexity index is 1070. The summed E-state index contributed by atoms with van der Waals surface area (Å²) in [4.78, 5) is 15.1. The number of carbonyl (C=O) groups is 1. The number of aromatic nitrogens is 1. The quantitative estimate of drug-likeness (QED) is 0.397. The first-order valence-corrected chi connectivity index (χ1v) is 10.9. The Morgan fingerprint density at radius 3 is 2.34 bits per heavy atom. The number of esters is 1. The number of benzene rings is 2. The smallest absolute Gasteiger partial charge is 0.355 e. The Balaban J connectivity index is 2.05. The van der Waals surface area contributed by atoms with Gasteiger partial charge in [-0.15, -0.1) is 0 Å². The Morgan fingerprint density at radius 1 is 1.17 bits per heavy atom. The number of ether oxygens (including phenoxy) is 1. The zero-order valence-corrected chi connectivity index (χ0v) is 19.0. The minimum atomic E-state index is -2.52. The van der Waals surface area contributed by atoms with Crippen molar-refractivity contribution in [2.24, 2.45) is 0 Å². The van der Waals surface area contributed by atoms with E-state index in [9.17, 15) is 13.6 Å². The van der Waals surface area contributed by atoms with E-state index in [0.29, 0.717) is 32.4 Å². The van der Waals surface area contributed by atoms with Gasteiger partial charge in [-0.1, -0.05) is 32.9 Å². The summed E-state index contributed by atoms with van der Waals surface area (Å²) in [5.41, 5.74) is 3.07. The maximum Gasteiger partial charge on any atom is 0.355 e. The highest BCUT2D eigenvalue weighted by Crippen LogP contribution is 2.35. The van der Waals surface area contributed by atoms with Crippen LogP contribution in [0.2, 0.25) is 0 Å². The molecule has 154 valence electrons. The van der Waals surface area contributed by atoms with Crippen LogP contribution in [-0.4, -0.2) is 26.3 Å². The highest BCUT2D eigenvalue weighted by atomic mass is 79.9. The summed E-state index contributed by atoms with van der Waals surface area (Å²) in [6, 6.07) is 12.6. The van der Waals surface area contributed by atoms with Crippen molar-refractivity contribution in [3.63, 3.8) is 0 Å². The third kappa shape index (κ3) is 4.39. The molecular formula is C21H22BrN2O4S-. The molecule has 0 radical (unpaired) electrons. The number of halogens is 1. The molecule has 3 aromatic rings. The van der Waals surface area contributed by atoms with E-state index >= 15 is 0 Å². The van der Waals surface area contributed by atoms with Crippen molar-refractivity contribution in [3.05, 3.63) is 58.2 Å². The molecule has 3 rings (SSSR count). The number of hydrogen-bond acceptors (Lipinski definition) is 4. The average Bonchev–Trinajstić information content (AvgIpc) is 2.98. The zero-order valence-electron chi connectivity index (χ0n) is 16.6. The molecule has 8 heteroatoms. The van der Waals surface area contributed by atoms with Crippen LogP contribution >= 0.6 is 15.9 Å². The molecule has 0 aliphatic heterocycles. The van der Waals surface area contributed by atoms with Gasteiger partial charge in [0.1, 0.15) is 5.69 Å². The number of nitrogens with zero attached hydrogens (tertiary/aromatic N) is 1. The van der Waals surface area contributed by atoms with Crippen LogP contribution in [-0.2, 0) is 21.4 Å². The van der Waals surface area contributed by atoms with E-state index in [1.807, 2.05) is 12.1 Å². The molecule has 0 amide bonds. The molecule has 6 nitrogen and oxygen atoms in total. The molecule has 1 heterocycles. The lowest BCUT2D eigenvalue weighted by molar-refractivity contribution is 0.0519. The molecule has 0 spiro atoms. The molecular weight excluding hydrogens is 456 g/mol. The monoisotopic (exact) mass is 477 g/mol. The lowest BCUT2D eigenvalue weighted by atomic mass is 9.87. The number of rotatable bonds is 5. The van der Waals surface area contributed by atoms with E-state index in [2.05, 4.69) is 41.7 Å². The average molecular weight is 478 g/mol. The van der Waals surface area contributed by atoms with E-state index in [1.54, 1.807) is 37.3 Å². The molecule has 1 aromatic heterocycles. The first-order chi connectivity index (χ1) is 13.6. The number of H-pyrrole nitrogens is 1. The number of anilines is 2. The number of nitrogens with one attached hydrogen (secondary N) is 1. The standard InChI is InChI=1S/C21H23BrN2O4S/c1-5-28-20(25)19-18(22)16-12-15(10-11-17(16)23-19)24(29(26)27)14-8-6-13(7-9-14)21(2,3)4/h6-12,23H,5H2,1-4H3,(H,26,27)/p-1. The zero-order chi connectivity index (χ0) is 21.3. The van der Waals surface area contributed by atoms with Crippen molar-refractivity contribution in [2.45, 2.75) is 33.1 Å². The summed E-state index contributed by atoms with van der Waals surface area (Å²) in [6.45, 7) is 8.30. The normalized spacial score (nSPS) is 12.8. The number of carbonyl (C=O) groups excluding carboxylic acids is 1. The van der Waals surface area contributed by atoms with E-state index < -0.39 is 17.2 Å². The Kier molecular flexibility index (Phi) is 6.16. The van der Waals surface area contributed by atoms with Gasteiger partial charge in [0.05, 0.1) is 33.7 Å². The first kappa shape index (κ1) is 21.5. The molecule has 1 unspecified atom stereocenters. The summed E-state index contributed by atoms with van der Waals surface area (Å²) in [6.07, 6.45) is 0. The molecule has 29 heavy (non-hydrogen) atoms. The van der Waals surface area contributed by atoms with Gasteiger partial charge in [0.2, 0.25) is 0 Å². The highest BCUT2D eigenvalue weighted by molar-refractivity contribution is 9.10. The van der Waals surface area contributed by atoms with E-state index in [1.165, 1.54) is 4.31 Å². The fraction of sp³-hybridized carbons (Fsp3) is 0.286. The first-order valence-electron chi connectivity index (χ1n) is 9.12. The molecule has 0 saturated carbocycles. The lowest BCUT2D eigenvalue weighted by Gasteiger charge is -2.27. The van der Waals surface area contributed by atoms with Crippen molar-refractivity contribution in [1.82, 2.24) is 4.98 Å². The van der Waals surface area contributed by atoms with Gasteiger partial charge in [-0.3, -0.25) is 8.51 Å². The second-order valence-corrected chi connectivity index (χ2v) is 9.17. The maximum atomic E-state index is 12.1.